The summed E-state index contributed by atoms with van der Waals surface area (Å²) in [6.07, 6.45) is 4.62. The van der Waals surface area contributed by atoms with Gasteiger partial charge in [-0.2, -0.15) is 0 Å². The lowest BCUT2D eigenvalue weighted by molar-refractivity contribution is 0.102. The first-order chi connectivity index (χ1) is 10.1. The van der Waals surface area contributed by atoms with E-state index in [1.54, 1.807) is 0 Å². The highest BCUT2D eigenvalue weighted by Crippen LogP contribution is 2.28. The molecule has 1 aliphatic rings. The van der Waals surface area contributed by atoms with Gasteiger partial charge in [0, 0.05) is 13.7 Å². The predicted octanol–water partition coefficient (Wildman–Crippen LogP) is 5.18. The van der Waals surface area contributed by atoms with Crippen molar-refractivity contribution in [1.29, 1.82) is 0 Å². The van der Waals surface area contributed by atoms with Crippen LogP contribution in [0, 0.1) is 3.57 Å². The second-order valence-electron chi connectivity index (χ2n) is 5.23. The molecule has 1 N–H and O–H groups in total. The zero-order valence-electron chi connectivity index (χ0n) is 11.5. The van der Waals surface area contributed by atoms with Gasteiger partial charge in [-0.1, -0.05) is 28.1 Å². The molecule has 1 amide bonds. The highest BCUT2D eigenvalue weighted by Gasteiger charge is 2.16. The molecule has 0 fully saturated rings. The highest BCUT2D eigenvalue weighted by molar-refractivity contribution is 14.1. The Balaban J connectivity index is 1.90. The van der Waals surface area contributed by atoms with E-state index in [1.807, 2.05) is 30.3 Å². The van der Waals surface area contributed by atoms with Gasteiger partial charge < -0.3 is 5.32 Å². The molecule has 0 saturated carbocycles. The van der Waals surface area contributed by atoms with Gasteiger partial charge in [-0.25, -0.2) is 0 Å². The molecule has 0 aromatic heterocycles. The molecule has 0 atom stereocenters. The zero-order valence-corrected chi connectivity index (χ0v) is 15.2. The van der Waals surface area contributed by atoms with Gasteiger partial charge in [0.2, 0.25) is 0 Å². The second kappa shape index (κ2) is 6.48. The molecule has 2 aromatic rings. The maximum atomic E-state index is 12.5. The Morgan fingerprint density at radius 2 is 1.95 bits per heavy atom. The van der Waals surface area contributed by atoms with Gasteiger partial charge in [-0.3, -0.25) is 4.79 Å². The van der Waals surface area contributed by atoms with Crippen LogP contribution in [0.5, 0.6) is 0 Å². The van der Waals surface area contributed by atoms with Crippen molar-refractivity contribution in [2.45, 2.75) is 25.7 Å². The summed E-state index contributed by atoms with van der Waals surface area (Å²) in [5.41, 5.74) is 4.36. The molecular formula is C17H15BrINO. The molecule has 0 radical (unpaired) electrons. The van der Waals surface area contributed by atoms with E-state index in [0.29, 0.717) is 5.56 Å². The van der Waals surface area contributed by atoms with Crippen molar-refractivity contribution >= 4 is 50.1 Å². The zero-order chi connectivity index (χ0) is 14.8. The Bertz CT molecular complexity index is 699. The van der Waals surface area contributed by atoms with E-state index in [-0.39, 0.29) is 5.91 Å². The van der Waals surface area contributed by atoms with Crippen molar-refractivity contribution in [3.63, 3.8) is 0 Å². The number of carbonyl (C=O) groups excluding carboxylic acids is 1. The number of halogens is 2. The van der Waals surface area contributed by atoms with Crippen LogP contribution in [0.1, 0.15) is 34.3 Å². The lowest BCUT2D eigenvalue weighted by Gasteiger charge is -2.19. The number of hydrogen-bond acceptors (Lipinski definition) is 1. The van der Waals surface area contributed by atoms with Gasteiger partial charge in [0.15, 0.2) is 0 Å². The molecule has 0 bridgehead atoms. The third-order valence-corrected chi connectivity index (χ3v) is 5.25. The van der Waals surface area contributed by atoms with E-state index in [2.05, 4.69) is 49.9 Å². The average molecular weight is 456 g/mol. The quantitative estimate of drug-likeness (QED) is 0.620. The molecule has 2 nitrogen and oxygen atoms in total. The van der Waals surface area contributed by atoms with Crippen molar-refractivity contribution in [3.05, 3.63) is 61.1 Å². The number of rotatable bonds is 2. The predicted molar refractivity (Wildman–Crippen MR) is 97.9 cm³/mol. The van der Waals surface area contributed by atoms with E-state index in [4.69, 9.17) is 0 Å². The van der Waals surface area contributed by atoms with Gasteiger partial charge in [0.05, 0.1) is 5.56 Å². The van der Waals surface area contributed by atoms with Crippen LogP contribution in [0.25, 0.3) is 0 Å². The lowest BCUT2D eigenvalue weighted by Crippen LogP contribution is -2.16. The SMILES string of the molecule is O=C(Nc1cccc2c1CCCC2)c1cc(Br)ccc1I. The summed E-state index contributed by atoms with van der Waals surface area (Å²) in [5, 5.41) is 3.09. The summed E-state index contributed by atoms with van der Waals surface area (Å²) < 4.78 is 1.88. The smallest absolute Gasteiger partial charge is 0.256 e. The molecule has 4 heteroatoms. The van der Waals surface area contributed by atoms with Crippen LogP contribution in [0.15, 0.2) is 40.9 Å². The summed E-state index contributed by atoms with van der Waals surface area (Å²) in [5.74, 6) is -0.0420. The Hall–Kier alpha value is -0.880. The minimum Gasteiger partial charge on any atom is -0.322 e. The van der Waals surface area contributed by atoms with Crippen LogP contribution in [-0.4, -0.2) is 5.91 Å². The van der Waals surface area contributed by atoms with Gasteiger partial charge in [-0.15, -0.1) is 0 Å². The van der Waals surface area contributed by atoms with Gasteiger partial charge >= 0.3 is 0 Å². The van der Waals surface area contributed by atoms with Crippen LogP contribution in [0.2, 0.25) is 0 Å². The number of hydrogen-bond donors (Lipinski definition) is 1. The molecule has 21 heavy (non-hydrogen) atoms. The Morgan fingerprint density at radius 3 is 2.81 bits per heavy atom. The summed E-state index contributed by atoms with van der Waals surface area (Å²) >= 11 is 5.62. The van der Waals surface area contributed by atoms with Crippen LogP contribution < -0.4 is 5.32 Å². The third-order valence-electron chi connectivity index (χ3n) is 3.82. The molecule has 0 aliphatic heterocycles. The molecule has 0 unspecified atom stereocenters. The lowest BCUT2D eigenvalue weighted by atomic mass is 9.90. The minimum absolute atomic E-state index is 0.0420. The summed E-state index contributed by atoms with van der Waals surface area (Å²) in [6.45, 7) is 0. The van der Waals surface area contributed by atoms with E-state index < -0.39 is 0 Å². The number of nitrogens with one attached hydrogen (secondary N) is 1. The number of aryl methyl sites for hydroxylation is 1. The first-order valence-corrected chi connectivity index (χ1v) is 8.89. The molecule has 0 saturated heterocycles. The fourth-order valence-electron chi connectivity index (χ4n) is 2.76. The first-order valence-electron chi connectivity index (χ1n) is 7.02. The molecular weight excluding hydrogens is 441 g/mol. The van der Waals surface area contributed by atoms with Gasteiger partial charge in [-0.05, 0) is 83.7 Å². The molecule has 3 rings (SSSR count). The van der Waals surface area contributed by atoms with Gasteiger partial charge in [0.25, 0.3) is 5.91 Å². The van der Waals surface area contributed by atoms with E-state index in [0.717, 1.165) is 26.6 Å². The molecule has 0 spiro atoms. The third kappa shape index (κ3) is 3.31. The standard InChI is InChI=1S/C17H15BrINO/c18-12-8-9-15(19)14(10-12)17(21)20-16-7-3-5-11-4-1-2-6-13(11)16/h3,5,7-10H,1-2,4,6H2,(H,20,21). The number of fused-ring (bicyclic) bond motifs is 1. The van der Waals surface area contributed by atoms with Crippen LogP contribution >= 0.6 is 38.5 Å². The fraction of sp³-hybridized carbons (Fsp3) is 0.235. The molecule has 1 aliphatic carbocycles. The molecule has 2 aromatic carbocycles. The fourth-order valence-corrected chi connectivity index (χ4v) is 3.70. The normalized spacial score (nSPS) is 13.6. The first kappa shape index (κ1) is 15.0. The number of anilines is 1. The van der Waals surface area contributed by atoms with Crippen molar-refractivity contribution in [3.8, 4) is 0 Å². The number of benzene rings is 2. The van der Waals surface area contributed by atoms with E-state index in [9.17, 15) is 4.79 Å². The van der Waals surface area contributed by atoms with Crippen LogP contribution in [0.3, 0.4) is 0 Å². The monoisotopic (exact) mass is 455 g/mol. The number of amides is 1. The van der Waals surface area contributed by atoms with E-state index >= 15 is 0 Å². The van der Waals surface area contributed by atoms with E-state index in [1.165, 1.54) is 24.0 Å². The summed E-state index contributed by atoms with van der Waals surface area (Å²) in [7, 11) is 0. The Morgan fingerprint density at radius 1 is 1.14 bits per heavy atom. The molecule has 108 valence electrons. The summed E-state index contributed by atoms with van der Waals surface area (Å²) in [4.78, 5) is 12.5. The minimum atomic E-state index is -0.0420. The number of carbonyl (C=O) groups is 1. The van der Waals surface area contributed by atoms with Gasteiger partial charge in [0.1, 0.15) is 0 Å². The summed E-state index contributed by atoms with van der Waals surface area (Å²) in [6, 6.07) is 12.0. The van der Waals surface area contributed by atoms with Crippen LogP contribution in [0.4, 0.5) is 5.69 Å². The van der Waals surface area contributed by atoms with Crippen LogP contribution in [-0.2, 0) is 12.8 Å². The molecule has 0 heterocycles. The largest absolute Gasteiger partial charge is 0.322 e. The Kier molecular flexibility index (Phi) is 4.64. The van der Waals surface area contributed by atoms with Crippen molar-refractivity contribution < 1.29 is 4.79 Å². The average Bonchev–Trinajstić information content (AvgIpc) is 2.50. The highest BCUT2D eigenvalue weighted by atomic mass is 127. The van der Waals surface area contributed by atoms with Crippen molar-refractivity contribution in [1.82, 2.24) is 0 Å². The Labute approximate surface area is 146 Å². The van der Waals surface area contributed by atoms with Crippen molar-refractivity contribution in [2.75, 3.05) is 5.32 Å². The maximum absolute atomic E-state index is 12.5. The topological polar surface area (TPSA) is 29.1 Å². The maximum Gasteiger partial charge on any atom is 0.256 e. The van der Waals surface area contributed by atoms with Crippen molar-refractivity contribution in [2.24, 2.45) is 0 Å². The second-order valence-corrected chi connectivity index (χ2v) is 7.31.